The highest BCUT2D eigenvalue weighted by atomic mass is 35.5. The molecule has 0 amide bonds. The van der Waals surface area contributed by atoms with Gasteiger partial charge in [-0.15, -0.1) is 11.6 Å². The summed E-state index contributed by atoms with van der Waals surface area (Å²) in [4.78, 5) is 0. The normalized spacial score (nSPS) is 13.2. The summed E-state index contributed by atoms with van der Waals surface area (Å²) in [5, 5.41) is 0. The van der Waals surface area contributed by atoms with E-state index in [0.29, 0.717) is 0 Å². The molecule has 0 fully saturated rings. The van der Waals surface area contributed by atoms with Crippen LogP contribution in [0.1, 0.15) is 58.3 Å². The molecule has 0 bridgehead atoms. The molecule has 0 aromatic rings. The second-order valence-electron chi connectivity index (χ2n) is 3.43. The van der Waals surface area contributed by atoms with Crippen molar-refractivity contribution < 1.29 is 0 Å². The maximum absolute atomic E-state index is 5.62. The van der Waals surface area contributed by atoms with Gasteiger partial charge in [-0.05, 0) is 6.42 Å². The predicted octanol–water partition coefficient (Wildman–Crippen LogP) is 3.65. The minimum atomic E-state index is -0.124. The first kappa shape index (κ1) is 12.2. The van der Waals surface area contributed by atoms with E-state index < -0.39 is 0 Å². The smallest absolute Gasteiger partial charge is 0.0800 e. The number of nitrogens with two attached hydrogens (primary N) is 1. The Hall–Kier alpha value is 0.250. The van der Waals surface area contributed by atoms with Crippen LogP contribution in [-0.4, -0.2) is 5.50 Å². The molecule has 1 atom stereocenters. The summed E-state index contributed by atoms with van der Waals surface area (Å²) in [6, 6.07) is 0. The fourth-order valence-corrected chi connectivity index (χ4v) is 1.45. The largest absolute Gasteiger partial charge is 0.315 e. The van der Waals surface area contributed by atoms with Gasteiger partial charge in [0.25, 0.3) is 0 Å². The van der Waals surface area contributed by atoms with Crippen LogP contribution in [0.25, 0.3) is 0 Å². The van der Waals surface area contributed by atoms with E-state index in [9.17, 15) is 0 Å². The number of hydrogen-bond donors (Lipinski definition) is 1. The zero-order valence-corrected chi connectivity index (χ0v) is 8.95. The zero-order chi connectivity index (χ0) is 9.23. The van der Waals surface area contributed by atoms with Crippen molar-refractivity contribution in [2.24, 2.45) is 5.73 Å². The van der Waals surface area contributed by atoms with Crippen molar-refractivity contribution in [3.8, 4) is 0 Å². The molecule has 2 heteroatoms. The maximum atomic E-state index is 5.62. The van der Waals surface area contributed by atoms with Gasteiger partial charge in [0.2, 0.25) is 0 Å². The zero-order valence-electron chi connectivity index (χ0n) is 8.19. The molecular weight excluding hydrogens is 170 g/mol. The monoisotopic (exact) mass is 191 g/mol. The average Bonchev–Trinajstić information content (AvgIpc) is 2.02. The molecular formula is C10H22ClN. The highest BCUT2D eigenvalue weighted by Gasteiger charge is 1.95. The molecule has 0 aromatic carbocycles. The Morgan fingerprint density at radius 2 is 1.50 bits per heavy atom. The Balaban J connectivity index is 2.82. The van der Waals surface area contributed by atoms with E-state index >= 15 is 0 Å². The quantitative estimate of drug-likeness (QED) is 0.354. The lowest BCUT2D eigenvalue weighted by atomic mass is 10.1. The van der Waals surface area contributed by atoms with Crippen molar-refractivity contribution in [1.82, 2.24) is 0 Å². The summed E-state index contributed by atoms with van der Waals surface area (Å²) in [5.41, 5.74) is 5.30. The lowest BCUT2D eigenvalue weighted by molar-refractivity contribution is 0.571. The summed E-state index contributed by atoms with van der Waals surface area (Å²) in [6.07, 6.45) is 10.3. The third kappa shape index (κ3) is 10.2. The highest BCUT2D eigenvalue weighted by Crippen LogP contribution is 2.09. The van der Waals surface area contributed by atoms with Gasteiger partial charge in [-0.3, -0.25) is 0 Å². The average molecular weight is 192 g/mol. The molecule has 0 aliphatic rings. The van der Waals surface area contributed by atoms with Crippen LogP contribution in [-0.2, 0) is 0 Å². The molecule has 0 radical (unpaired) electrons. The maximum Gasteiger partial charge on any atom is 0.0800 e. The van der Waals surface area contributed by atoms with Crippen molar-refractivity contribution >= 4 is 11.6 Å². The van der Waals surface area contributed by atoms with Crippen LogP contribution in [0.2, 0.25) is 0 Å². The molecule has 0 spiro atoms. The molecule has 1 unspecified atom stereocenters. The van der Waals surface area contributed by atoms with E-state index in [1.165, 1.54) is 44.9 Å². The van der Waals surface area contributed by atoms with Gasteiger partial charge in [0.15, 0.2) is 0 Å². The van der Waals surface area contributed by atoms with E-state index in [1.807, 2.05) is 0 Å². The van der Waals surface area contributed by atoms with Gasteiger partial charge in [0, 0.05) is 0 Å². The molecule has 0 saturated heterocycles. The minimum absolute atomic E-state index is 0.124. The van der Waals surface area contributed by atoms with Gasteiger partial charge in [-0.1, -0.05) is 51.9 Å². The molecule has 0 rings (SSSR count). The summed E-state index contributed by atoms with van der Waals surface area (Å²) >= 11 is 5.62. The van der Waals surface area contributed by atoms with Gasteiger partial charge >= 0.3 is 0 Å². The number of alkyl halides is 1. The van der Waals surface area contributed by atoms with Crippen LogP contribution >= 0.6 is 11.6 Å². The fraction of sp³-hybridized carbons (Fsp3) is 1.00. The van der Waals surface area contributed by atoms with Crippen LogP contribution in [0.15, 0.2) is 0 Å². The van der Waals surface area contributed by atoms with Crippen molar-refractivity contribution in [2.75, 3.05) is 0 Å². The first-order chi connectivity index (χ1) is 5.77. The van der Waals surface area contributed by atoms with E-state index in [-0.39, 0.29) is 5.50 Å². The topological polar surface area (TPSA) is 26.0 Å². The summed E-state index contributed by atoms with van der Waals surface area (Å²) in [5.74, 6) is 0. The van der Waals surface area contributed by atoms with E-state index in [1.54, 1.807) is 0 Å². The number of halogens is 1. The number of unbranched alkanes of at least 4 members (excludes halogenated alkanes) is 6. The molecule has 0 aliphatic carbocycles. The van der Waals surface area contributed by atoms with Crippen LogP contribution in [0.5, 0.6) is 0 Å². The Kier molecular flexibility index (Phi) is 9.53. The van der Waals surface area contributed by atoms with Gasteiger partial charge < -0.3 is 5.73 Å². The van der Waals surface area contributed by atoms with Crippen molar-refractivity contribution in [2.45, 2.75) is 63.8 Å². The van der Waals surface area contributed by atoms with Crippen LogP contribution in [0.3, 0.4) is 0 Å². The Bertz CT molecular complexity index is 83.9. The second-order valence-corrected chi connectivity index (χ2v) is 3.99. The van der Waals surface area contributed by atoms with E-state index in [4.69, 9.17) is 17.3 Å². The third-order valence-electron chi connectivity index (χ3n) is 2.08. The van der Waals surface area contributed by atoms with Crippen molar-refractivity contribution in [3.63, 3.8) is 0 Å². The minimum Gasteiger partial charge on any atom is -0.315 e. The molecule has 0 aromatic heterocycles. The van der Waals surface area contributed by atoms with Crippen LogP contribution in [0, 0.1) is 0 Å². The van der Waals surface area contributed by atoms with E-state index in [0.717, 1.165) is 6.42 Å². The standard InChI is InChI=1S/C10H22ClN/c1-2-3-4-5-6-7-8-9-10(11)12/h10H,2-9,12H2,1H3. The lowest BCUT2D eigenvalue weighted by Crippen LogP contribution is -2.10. The van der Waals surface area contributed by atoms with Crippen molar-refractivity contribution in [1.29, 1.82) is 0 Å². The van der Waals surface area contributed by atoms with Gasteiger partial charge in [0.05, 0.1) is 5.50 Å². The van der Waals surface area contributed by atoms with Crippen LogP contribution < -0.4 is 5.73 Å². The molecule has 1 nitrogen and oxygen atoms in total. The Morgan fingerprint density at radius 1 is 1.00 bits per heavy atom. The third-order valence-corrected chi connectivity index (χ3v) is 2.30. The van der Waals surface area contributed by atoms with E-state index in [2.05, 4.69) is 6.92 Å². The van der Waals surface area contributed by atoms with Gasteiger partial charge in [-0.25, -0.2) is 0 Å². The lowest BCUT2D eigenvalue weighted by Gasteiger charge is -2.02. The second kappa shape index (κ2) is 9.34. The molecule has 0 saturated carbocycles. The fourth-order valence-electron chi connectivity index (χ4n) is 1.30. The number of hydrogen-bond acceptors (Lipinski definition) is 1. The molecule has 74 valence electrons. The summed E-state index contributed by atoms with van der Waals surface area (Å²) in [7, 11) is 0. The SMILES string of the molecule is CCCCCCCCCC(N)Cl. The number of rotatable bonds is 8. The Morgan fingerprint density at radius 3 is 2.00 bits per heavy atom. The molecule has 2 N–H and O–H groups in total. The molecule has 12 heavy (non-hydrogen) atoms. The first-order valence-electron chi connectivity index (χ1n) is 5.17. The van der Waals surface area contributed by atoms with Gasteiger partial charge in [-0.2, -0.15) is 0 Å². The summed E-state index contributed by atoms with van der Waals surface area (Å²) in [6.45, 7) is 2.24. The summed E-state index contributed by atoms with van der Waals surface area (Å²) < 4.78 is 0. The van der Waals surface area contributed by atoms with Gasteiger partial charge in [0.1, 0.15) is 0 Å². The molecule has 0 heterocycles. The Labute approximate surface area is 81.7 Å². The predicted molar refractivity (Wildman–Crippen MR) is 56.4 cm³/mol. The van der Waals surface area contributed by atoms with Crippen molar-refractivity contribution in [3.05, 3.63) is 0 Å². The van der Waals surface area contributed by atoms with Crippen LogP contribution in [0.4, 0.5) is 0 Å². The highest BCUT2D eigenvalue weighted by molar-refractivity contribution is 6.20. The first-order valence-corrected chi connectivity index (χ1v) is 5.60. The molecule has 0 aliphatic heterocycles.